The third-order valence-corrected chi connectivity index (χ3v) is 6.03. The number of hydrogen-bond donors (Lipinski definition) is 0. The summed E-state index contributed by atoms with van der Waals surface area (Å²) in [4.78, 5) is 30.0. The quantitative estimate of drug-likeness (QED) is 0.211. The van der Waals surface area contributed by atoms with Gasteiger partial charge in [-0.3, -0.25) is 9.78 Å². The first kappa shape index (κ1) is 24.3. The Morgan fingerprint density at radius 3 is 2.49 bits per heavy atom. The Morgan fingerprint density at radius 1 is 1.03 bits per heavy atom. The van der Waals surface area contributed by atoms with Gasteiger partial charge in [-0.2, -0.15) is 0 Å². The lowest BCUT2D eigenvalue weighted by Crippen LogP contribution is -2.11. The summed E-state index contributed by atoms with van der Waals surface area (Å²) in [6, 6.07) is 16.8. The number of Topliss-reactive ketones (excluding diaryl/α,β-unsaturated/α-hetero) is 1. The number of fused-ring (bicyclic) bond motifs is 1. The Kier molecular flexibility index (Phi) is 7.39. The van der Waals surface area contributed by atoms with Crippen LogP contribution in [0.1, 0.15) is 70.6 Å². The lowest BCUT2D eigenvalue weighted by molar-refractivity contribution is 0.0526. The summed E-state index contributed by atoms with van der Waals surface area (Å²) in [5.41, 5.74) is 4.63. The number of aryl methyl sites for hydroxylation is 1. The van der Waals surface area contributed by atoms with E-state index in [1.165, 1.54) is 6.07 Å². The summed E-state index contributed by atoms with van der Waals surface area (Å²) in [5.74, 6) is -0.756. The van der Waals surface area contributed by atoms with Gasteiger partial charge in [0.2, 0.25) is 0 Å². The molecule has 0 amide bonds. The van der Waals surface area contributed by atoms with E-state index < -0.39 is 5.82 Å². The van der Waals surface area contributed by atoms with Gasteiger partial charge < -0.3 is 9.30 Å². The van der Waals surface area contributed by atoms with Crippen molar-refractivity contribution >= 4 is 22.7 Å². The van der Waals surface area contributed by atoms with Crippen molar-refractivity contribution < 1.29 is 18.7 Å². The van der Waals surface area contributed by atoms with Gasteiger partial charge in [-0.1, -0.05) is 50.2 Å². The molecule has 4 aromatic rings. The van der Waals surface area contributed by atoms with E-state index in [4.69, 9.17) is 4.74 Å². The van der Waals surface area contributed by atoms with E-state index in [0.29, 0.717) is 29.7 Å². The maximum Gasteiger partial charge on any atom is 0.338 e. The minimum atomic E-state index is -0.413. The zero-order chi connectivity index (χ0) is 24.9. The zero-order valence-corrected chi connectivity index (χ0v) is 20.3. The fourth-order valence-electron chi connectivity index (χ4n) is 4.52. The normalized spacial score (nSPS) is 11.2. The fourth-order valence-corrected chi connectivity index (χ4v) is 4.52. The van der Waals surface area contributed by atoms with Gasteiger partial charge in [0.05, 0.1) is 23.9 Å². The number of carbonyl (C=O) groups is 2. The van der Waals surface area contributed by atoms with Gasteiger partial charge in [-0.15, -0.1) is 0 Å². The molecule has 0 aliphatic heterocycles. The van der Waals surface area contributed by atoms with Crippen molar-refractivity contribution in [2.45, 2.75) is 46.1 Å². The Labute approximate surface area is 204 Å². The van der Waals surface area contributed by atoms with E-state index in [1.807, 2.05) is 42.5 Å². The number of ether oxygens (including phenoxy) is 1. The van der Waals surface area contributed by atoms with Crippen molar-refractivity contribution in [3.8, 4) is 0 Å². The summed E-state index contributed by atoms with van der Waals surface area (Å²) < 4.78 is 20.9. The summed E-state index contributed by atoms with van der Waals surface area (Å²) in [5, 5.41) is 0.806. The number of benzene rings is 2. The number of rotatable bonds is 9. The standard InChI is InChI=1S/C29H29FN2O3/c1-4-35-29(34)22-11-12-24-25(15-22)32(18-20-8-6-5-7-9-20)28(19(2)3)27(24)26(33)13-10-21-14-23(30)17-31-16-21/h5-9,11-12,14-17,19H,4,10,13,18H2,1-3H3. The second kappa shape index (κ2) is 10.6. The van der Waals surface area contributed by atoms with Crippen molar-refractivity contribution in [3.63, 3.8) is 0 Å². The maximum absolute atomic E-state index is 13.6. The number of carbonyl (C=O) groups excluding carboxylic acids is 2. The van der Waals surface area contributed by atoms with Gasteiger partial charge in [-0.25, -0.2) is 9.18 Å². The maximum atomic E-state index is 13.6. The molecule has 0 saturated carbocycles. The lowest BCUT2D eigenvalue weighted by Gasteiger charge is -2.15. The average molecular weight is 473 g/mol. The molecule has 0 saturated heterocycles. The average Bonchev–Trinajstić information content (AvgIpc) is 3.17. The molecule has 0 fully saturated rings. The minimum absolute atomic E-state index is 0.0151. The van der Waals surface area contributed by atoms with Crippen LogP contribution < -0.4 is 0 Å². The number of nitrogens with zero attached hydrogens (tertiary/aromatic N) is 2. The molecule has 180 valence electrons. The molecule has 0 aliphatic rings. The first-order valence-electron chi connectivity index (χ1n) is 11.9. The van der Waals surface area contributed by atoms with Gasteiger partial charge >= 0.3 is 5.97 Å². The molecule has 2 aromatic heterocycles. The van der Waals surface area contributed by atoms with E-state index >= 15 is 0 Å². The van der Waals surface area contributed by atoms with Crippen molar-refractivity contribution in [2.24, 2.45) is 0 Å². The molecule has 6 heteroatoms. The smallest absolute Gasteiger partial charge is 0.338 e. The van der Waals surface area contributed by atoms with Crippen molar-refractivity contribution in [2.75, 3.05) is 6.61 Å². The highest BCUT2D eigenvalue weighted by atomic mass is 19.1. The monoisotopic (exact) mass is 472 g/mol. The number of hydrogen-bond acceptors (Lipinski definition) is 4. The second-order valence-electron chi connectivity index (χ2n) is 8.87. The van der Waals surface area contributed by atoms with Gasteiger partial charge in [-0.05, 0) is 48.6 Å². The van der Waals surface area contributed by atoms with Crippen LogP contribution in [0.25, 0.3) is 10.9 Å². The van der Waals surface area contributed by atoms with Crippen LogP contribution in [0.4, 0.5) is 4.39 Å². The first-order valence-corrected chi connectivity index (χ1v) is 11.9. The Morgan fingerprint density at radius 2 is 1.80 bits per heavy atom. The van der Waals surface area contributed by atoms with Crippen LogP contribution in [0.2, 0.25) is 0 Å². The highest BCUT2D eigenvalue weighted by Crippen LogP contribution is 2.34. The summed E-state index contributed by atoms with van der Waals surface area (Å²) in [6.45, 7) is 6.76. The van der Waals surface area contributed by atoms with Crippen LogP contribution in [-0.2, 0) is 17.7 Å². The van der Waals surface area contributed by atoms with Gasteiger partial charge in [0, 0.05) is 35.8 Å². The third-order valence-electron chi connectivity index (χ3n) is 6.03. The van der Waals surface area contributed by atoms with E-state index in [9.17, 15) is 14.0 Å². The highest BCUT2D eigenvalue weighted by Gasteiger charge is 2.25. The topological polar surface area (TPSA) is 61.2 Å². The van der Waals surface area contributed by atoms with Crippen LogP contribution in [0.5, 0.6) is 0 Å². The molecule has 4 rings (SSSR count). The number of aromatic nitrogens is 2. The fraction of sp³-hybridized carbons (Fsp3) is 0.276. The molecule has 0 aliphatic carbocycles. The van der Waals surface area contributed by atoms with E-state index in [0.717, 1.165) is 28.4 Å². The number of pyridine rings is 1. The number of ketones is 1. The Hall–Kier alpha value is -3.80. The van der Waals surface area contributed by atoms with Gasteiger partial charge in [0.15, 0.2) is 5.78 Å². The molecule has 0 radical (unpaired) electrons. The Bertz CT molecular complexity index is 1360. The predicted molar refractivity (Wildman–Crippen MR) is 134 cm³/mol. The van der Waals surface area contributed by atoms with Gasteiger partial charge in [0.25, 0.3) is 0 Å². The molecular formula is C29H29FN2O3. The molecule has 0 N–H and O–H groups in total. The molecule has 5 nitrogen and oxygen atoms in total. The van der Waals surface area contributed by atoms with E-state index in [-0.39, 0.29) is 30.7 Å². The van der Waals surface area contributed by atoms with Gasteiger partial charge in [0.1, 0.15) is 5.82 Å². The lowest BCUT2D eigenvalue weighted by atomic mass is 9.96. The molecule has 35 heavy (non-hydrogen) atoms. The van der Waals surface area contributed by atoms with Crippen LogP contribution in [-0.4, -0.2) is 27.9 Å². The highest BCUT2D eigenvalue weighted by molar-refractivity contribution is 6.11. The summed E-state index contributed by atoms with van der Waals surface area (Å²) in [7, 11) is 0. The molecule has 2 aromatic carbocycles. The zero-order valence-electron chi connectivity index (χ0n) is 20.3. The minimum Gasteiger partial charge on any atom is -0.462 e. The van der Waals surface area contributed by atoms with Crippen LogP contribution in [0.3, 0.4) is 0 Å². The van der Waals surface area contributed by atoms with Crippen LogP contribution >= 0.6 is 0 Å². The summed E-state index contributed by atoms with van der Waals surface area (Å²) >= 11 is 0. The first-order chi connectivity index (χ1) is 16.9. The van der Waals surface area contributed by atoms with Crippen LogP contribution in [0.15, 0.2) is 67.0 Å². The SMILES string of the molecule is CCOC(=O)c1ccc2c(C(=O)CCc3cncc(F)c3)c(C(C)C)n(Cc3ccccc3)c2c1. The molecule has 0 unspecified atom stereocenters. The van der Waals surface area contributed by atoms with Crippen molar-refractivity contribution in [1.82, 2.24) is 9.55 Å². The van der Waals surface area contributed by atoms with Crippen molar-refractivity contribution in [3.05, 3.63) is 101 Å². The number of halogens is 1. The molecule has 0 spiro atoms. The molecule has 0 bridgehead atoms. The van der Waals surface area contributed by atoms with Crippen molar-refractivity contribution in [1.29, 1.82) is 0 Å². The molecular weight excluding hydrogens is 443 g/mol. The number of esters is 1. The predicted octanol–water partition coefficient (Wildman–Crippen LogP) is 6.34. The Balaban J connectivity index is 1.82. The van der Waals surface area contributed by atoms with Crippen LogP contribution in [0, 0.1) is 5.82 Å². The van der Waals surface area contributed by atoms with E-state index in [1.54, 1.807) is 19.2 Å². The van der Waals surface area contributed by atoms with E-state index in [2.05, 4.69) is 23.4 Å². The molecule has 2 heterocycles. The second-order valence-corrected chi connectivity index (χ2v) is 8.87. The third kappa shape index (κ3) is 5.32. The molecule has 0 atom stereocenters. The largest absolute Gasteiger partial charge is 0.462 e. The summed E-state index contributed by atoms with van der Waals surface area (Å²) in [6.07, 6.45) is 3.37.